The van der Waals surface area contributed by atoms with Gasteiger partial charge in [-0.1, -0.05) is 29.5 Å². The van der Waals surface area contributed by atoms with Gasteiger partial charge in [-0.05, 0) is 75.0 Å². The van der Waals surface area contributed by atoms with E-state index >= 15 is 0 Å². The Bertz CT molecular complexity index is 885. The summed E-state index contributed by atoms with van der Waals surface area (Å²) in [6.45, 7) is 4.96. The lowest BCUT2D eigenvalue weighted by Crippen LogP contribution is -3.13. The number of benzene rings is 2. The zero-order chi connectivity index (χ0) is 20.8. The predicted octanol–water partition coefficient (Wildman–Crippen LogP) is 1.47. The van der Waals surface area contributed by atoms with Crippen molar-refractivity contribution in [3.63, 3.8) is 0 Å². The van der Waals surface area contributed by atoms with Gasteiger partial charge in [-0.25, -0.2) is 5.43 Å². The molecule has 1 heterocycles. The van der Waals surface area contributed by atoms with Gasteiger partial charge < -0.3 is 10.0 Å². The number of quaternary nitrogens is 1. The highest BCUT2D eigenvalue weighted by Gasteiger charge is 2.21. The zero-order valence-electron chi connectivity index (χ0n) is 15.6. The molecule has 9 heteroatoms. The second-order valence-corrected chi connectivity index (χ2v) is 9.77. The molecule has 2 aromatic rings. The molecule has 2 aromatic carbocycles. The van der Waals surface area contributed by atoms with Crippen molar-refractivity contribution in [3.8, 4) is 5.75 Å². The Kier molecular flexibility index (Phi) is 8.54. The average Bonchev–Trinajstić information content (AvgIpc) is 2.69. The van der Waals surface area contributed by atoms with Crippen LogP contribution in [-0.4, -0.2) is 49.7 Å². The first-order valence-electron chi connectivity index (χ1n) is 9.19. The summed E-state index contributed by atoms with van der Waals surface area (Å²) in [7, 11) is 0. The molecule has 1 saturated heterocycles. The highest BCUT2D eigenvalue weighted by molar-refractivity contribution is 14.1. The van der Waals surface area contributed by atoms with Gasteiger partial charge in [0.1, 0.15) is 6.54 Å². The van der Waals surface area contributed by atoms with Crippen LogP contribution >= 0.6 is 56.8 Å². The fraction of sp³-hybridized carbons (Fsp3) is 0.300. The number of hydrogen-bond donors (Lipinski definition) is 2. The van der Waals surface area contributed by atoms with Crippen LogP contribution in [0.15, 0.2) is 41.5 Å². The van der Waals surface area contributed by atoms with E-state index in [1.54, 1.807) is 6.07 Å². The maximum atomic E-state index is 12.2. The molecule has 0 aromatic heterocycles. The van der Waals surface area contributed by atoms with Crippen molar-refractivity contribution >= 4 is 68.9 Å². The van der Waals surface area contributed by atoms with Crippen molar-refractivity contribution in [2.75, 3.05) is 32.7 Å². The van der Waals surface area contributed by atoms with Gasteiger partial charge in [0.25, 0.3) is 5.91 Å². The summed E-state index contributed by atoms with van der Waals surface area (Å²) in [6.07, 6.45) is 1.42. The molecule has 0 aliphatic carbocycles. The summed E-state index contributed by atoms with van der Waals surface area (Å²) in [4.78, 5) is 15.8. The largest absolute Gasteiger partial charge is 0.871 e. The lowest BCUT2D eigenvalue weighted by atomic mass is 10.2. The summed E-state index contributed by atoms with van der Waals surface area (Å²) in [5, 5.41) is 16.8. The Morgan fingerprint density at radius 3 is 2.62 bits per heavy atom. The van der Waals surface area contributed by atoms with Gasteiger partial charge in [-0.2, -0.15) is 5.10 Å². The van der Waals surface area contributed by atoms with E-state index in [2.05, 4.69) is 50.2 Å². The van der Waals surface area contributed by atoms with Crippen LogP contribution in [0.5, 0.6) is 5.75 Å². The molecule has 0 saturated carbocycles. The fourth-order valence-electron chi connectivity index (χ4n) is 3.18. The second kappa shape index (κ2) is 10.9. The molecule has 0 spiro atoms. The quantitative estimate of drug-likeness (QED) is 0.286. The molecule has 29 heavy (non-hydrogen) atoms. The third kappa shape index (κ3) is 7.06. The van der Waals surface area contributed by atoms with Crippen LogP contribution < -0.4 is 15.4 Å². The van der Waals surface area contributed by atoms with Gasteiger partial charge in [0.05, 0.1) is 25.8 Å². The van der Waals surface area contributed by atoms with Crippen molar-refractivity contribution in [2.24, 2.45) is 5.10 Å². The fourth-order valence-corrected chi connectivity index (χ4v) is 5.20. The summed E-state index contributed by atoms with van der Waals surface area (Å²) >= 11 is 10.1. The first-order valence-corrected chi connectivity index (χ1v) is 11.7. The Morgan fingerprint density at radius 2 is 1.93 bits per heavy atom. The lowest BCUT2D eigenvalue weighted by molar-refractivity contribution is -0.918. The standard InChI is InChI=1S/C20H21ClI2N4O2/c21-16-3-1-14(2-4-16)12-26-5-7-27(8-6-26)13-19(28)25-24-11-15-9-17(22)10-18(23)20(15)29/h1-4,9-11,29H,5-8,12-13H2,(H,25,28). The number of halogens is 3. The van der Waals surface area contributed by atoms with E-state index in [4.69, 9.17) is 11.6 Å². The second-order valence-electron chi connectivity index (χ2n) is 6.93. The van der Waals surface area contributed by atoms with Crippen molar-refractivity contribution in [1.82, 2.24) is 10.3 Å². The molecule has 0 bridgehead atoms. The summed E-state index contributed by atoms with van der Waals surface area (Å²) in [6, 6.07) is 11.5. The zero-order valence-corrected chi connectivity index (χ0v) is 20.7. The Balaban J connectivity index is 1.42. The molecule has 2 N–H and O–H groups in total. The minimum absolute atomic E-state index is 0.0798. The molecule has 1 aliphatic rings. The van der Waals surface area contributed by atoms with E-state index in [-0.39, 0.29) is 11.7 Å². The average molecular weight is 639 g/mol. The first kappa shape index (κ1) is 22.7. The van der Waals surface area contributed by atoms with Crippen molar-refractivity contribution in [2.45, 2.75) is 6.54 Å². The van der Waals surface area contributed by atoms with E-state index in [1.165, 1.54) is 16.7 Å². The SMILES string of the molecule is O=C(CN1CC[NH+](Cc2ccc(Cl)cc2)CC1)NN=Cc1cc(I)cc(I)c1[O-]. The number of nitrogens with zero attached hydrogens (tertiary/aromatic N) is 2. The first-order chi connectivity index (χ1) is 13.9. The summed E-state index contributed by atoms with van der Waals surface area (Å²) in [5.41, 5.74) is 4.27. The maximum Gasteiger partial charge on any atom is 0.254 e. The number of carbonyl (C=O) groups is 1. The number of nitrogens with one attached hydrogen (secondary N) is 2. The van der Waals surface area contributed by atoms with Crippen LogP contribution in [0.3, 0.4) is 0 Å². The Hall–Kier alpha value is -0.950. The van der Waals surface area contributed by atoms with Crippen molar-refractivity contribution in [3.05, 3.63) is 59.7 Å². The molecule has 3 rings (SSSR count). The van der Waals surface area contributed by atoms with Crippen LogP contribution in [0, 0.1) is 7.14 Å². The molecule has 1 aliphatic heterocycles. The third-order valence-electron chi connectivity index (χ3n) is 4.73. The highest BCUT2D eigenvalue weighted by atomic mass is 127. The van der Waals surface area contributed by atoms with Crippen LogP contribution in [0.2, 0.25) is 5.02 Å². The van der Waals surface area contributed by atoms with Gasteiger partial charge in [0.15, 0.2) is 0 Å². The topological polar surface area (TPSA) is 72.2 Å². The Labute approximate surface area is 202 Å². The highest BCUT2D eigenvalue weighted by Crippen LogP contribution is 2.23. The molecule has 1 amide bonds. The monoisotopic (exact) mass is 638 g/mol. The van der Waals surface area contributed by atoms with Crippen LogP contribution in [0.1, 0.15) is 11.1 Å². The van der Waals surface area contributed by atoms with Gasteiger partial charge in [-0.3, -0.25) is 9.69 Å². The smallest absolute Gasteiger partial charge is 0.254 e. The lowest BCUT2D eigenvalue weighted by Gasteiger charge is -2.31. The normalized spacial score (nSPS) is 15.7. The van der Waals surface area contributed by atoms with E-state index in [1.807, 2.05) is 40.8 Å². The molecule has 6 nitrogen and oxygen atoms in total. The number of amides is 1. The van der Waals surface area contributed by atoms with E-state index in [9.17, 15) is 9.90 Å². The number of hydrogen-bond acceptors (Lipinski definition) is 4. The van der Waals surface area contributed by atoms with Crippen molar-refractivity contribution in [1.29, 1.82) is 0 Å². The molecule has 0 atom stereocenters. The predicted molar refractivity (Wildman–Crippen MR) is 129 cm³/mol. The summed E-state index contributed by atoms with van der Waals surface area (Å²) in [5.74, 6) is -0.251. The van der Waals surface area contributed by atoms with Gasteiger partial charge in [0, 0.05) is 30.8 Å². The van der Waals surface area contributed by atoms with Gasteiger partial charge in [0.2, 0.25) is 0 Å². The minimum atomic E-state index is -0.171. The molecule has 1 fully saturated rings. The number of piperazine rings is 1. The van der Waals surface area contributed by atoms with Gasteiger partial charge in [-0.15, -0.1) is 0 Å². The van der Waals surface area contributed by atoms with E-state index in [0.29, 0.717) is 15.7 Å². The minimum Gasteiger partial charge on any atom is -0.871 e. The molecular formula is C20H21ClI2N4O2. The molecular weight excluding hydrogens is 618 g/mol. The molecule has 0 radical (unpaired) electrons. The summed E-state index contributed by atoms with van der Waals surface area (Å²) < 4.78 is 1.60. The number of rotatable bonds is 6. The Morgan fingerprint density at radius 1 is 1.24 bits per heavy atom. The maximum absolute atomic E-state index is 12.2. The van der Waals surface area contributed by atoms with Crippen LogP contribution in [-0.2, 0) is 11.3 Å². The molecule has 154 valence electrons. The van der Waals surface area contributed by atoms with Crippen LogP contribution in [0.25, 0.3) is 0 Å². The number of carbonyl (C=O) groups excluding carboxylic acids is 1. The van der Waals surface area contributed by atoms with E-state index in [0.717, 1.165) is 41.3 Å². The van der Waals surface area contributed by atoms with Gasteiger partial charge >= 0.3 is 0 Å². The van der Waals surface area contributed by atoms with Crippen LogP contribution in [0.4, 0.5) is 0 Å². The van der Waals surface area contributed by atoms with Crippen molar-refractivity contribution < 1.29 is 14.8 Å². The van der Waals surface area contributed by atoms with E-state index < -0.39 is 0 Å². The third-order valence-corrected chi connectivity index (χ3v) is 6.40. The number of hydrazone groups is 1. The molecule has 0 unspecified atom stereocenters.